The van der Waals surface area contributed by atoms with Crippen LogP contribution in [0.5, 0.6) is 0 Å². The summed E-state index contributed by atoms with van der Waals surface area (Å²) in [5, 5.41) is 0. The van der Waals surface area contributed by atoms with E-state index in [-0.39, 0.29) is 18.0 Å². The molecule has 0 aromatic heterocycles. The summed E-state index contributed by atoms with van der Waals surface area (Å²) in [6.07, 6.45) is 1.56. The van der Waals surface area contributed by atoms with Crippen LogP contribution in [-0.2, 0) is 9.47 Å². The SMILES string of the molecule is C=CC1(C)OC(c2ccccc2)OC1C. The maximum absolute atomic E-state index is 5.86. The van der Waals surface area contributed by atoms with Crippen molar-refractivity contribution in [3.63, 3.8) is 0 Å². The van der Waals surface area contributed by atoms with E-state index in [2.05, 4.69) is 6.58 Å². The standard InChI is InChI=1S/C13H16O2/c1-4-13(3)10(2)14-12(15-13)11-8-6-5-7-9-11/h4-10,12H,1H2,2-3H3. The smallest absolute Gasteiger partial charge is 0.185 e. The van der Waals surface area contributed by atoms with Crippen LogP contribution in [0.4, 0.5) is 0 Å². The highest BCUT2D eigenvalue weighted by Crippen LogP contribution is 2.38. The fourth-order valence-corrected chi connectivity index (χ4v) is 1.65. The van der Waals surface area contributed by atoms with Crippen LogP contribution in [0.1, 0.15) is 25.7 Å². The molecule has 1 heterocycles. The van der Waals surface area contributed by atoms with E-state index in [0.29, 0.717) is 0 Å². The van der Waals surface area contributed by atoms with Crippen LogP contribution in [0.25, 0.3) is 0 Å². The predicted octanol–water partition coefficient (Wildman–Crippen LogP) is 3.07. The predicted molar refractivity (Wildman–Crippen MR) is 59.4 cm³/mol. The monoisotopic (exact) mass is 204 g/mol. The summed E-state index contributed by atoms with van der Waals surface area (Å²) >= 11 is 0. The summed E-state index contributed by atoms with van der Waals surface area (Å²) in [6.45, 7) is 7.79. The van der Waals surface area contributed by atoms with Crippen molar-refractivity contribution in [1.82, 2.24) is 0 Å². The van der Waals surface area contributed by atoms with Gasteiger partial charge < -0.3 is 9.47 Å². The molecule has 3 atom stereocenters. The molecule has 0 amide bonds. The molecule has 1 fully saturated rings. The quantitative estimate of drug-likeness (QED) is 0.689. The van der Waals surface area contributed by atoms with Gasteiger partial charge in [0.25, 0.3) is 0 Å². The Bertz CT molecular complexity index is 347. The Labute approximate surface area is 90.5 Å². The fourth-order valence-electron chi connectivity index (χ4n) is 1.65. The highest BCUT2D eigenvalue weighted by molar-refractivity contribution is 5.18. The molecule has 1 aromatic carbocycles. The van der Waals surface area contributed by atoms with Crippen molar-refractivity contribution in [1.29, 1.82) is 0 Å². The van der Waals surface area contributed by atoms with E-state index in [0.717, 1.165) is 5.56 Å². The van der Waals surface area contributed by atoms with Crippen LogP contribution in [0.3, 0.4) is 0 Å². The number of hydrogen-bond donors (Lipinski definition) is 0. The normalized spacial score (nSPS) is 35.3. The summed E-state index contributed by atoms with van der Waals surface area (Å²) in [6, 6.07) is 9.96. The highest BCUT2D eigenvalue weighted by atomic mass is 16.7. The van der Waals surface area contributed by atoms with Gasteiger partial charge in [-0.2, -0.15) is 0 Å². The Morgan fingerprint density at radius 2 is 2.00 bits per heavy atom. The first kappa shape index (κ1) is 10.4. The molecule has 1 saturated heterocycles. The molecule has 0 radical (unpaired) electrons. The van der Waals surface area contributed by atoms with Gasteiger partial charge in [0.1, 0.15) is 5.60 Å². The summed E-state index contributed by atoms with van der Waals surface area (Å²) in [7, 11) is 0. The number of hydrogen-bond acceptors (Lipinski definition) is 2. The van der Waals surface area contributed by atoms with Crippen molar-refractivity contribution in [2.75, 3.05) is 0 Å². The molecule has 2 rings (SSSR count). The minimum Gasteiger partial charge on any atom is -0.342 e. The number of rotatable bonds is 2. The molecule has 15 heavy (non-hydrogen) atoms. The zero-order valence-corrected chi connectivity index (χ0v) is 9.14. The van der Waals surface area contributed by atoms with Gasteiger partial charge in [-0.05, 0) is 13.8 Å². The van der Waals surface area contributed by atoms with Crippen LogP contribution in [0.15, 0.2) is 43.0 Å². The van der Waals surface area contributed by atoms with Crippen molar-refractivity contribution in [3.05, 3.63) is 48.6 Å². The Hall–Kier alpha value is -1.12. The summed E-state index contributed by atoms with van der Waals surface area (Å²) in [5.41, 5.74) is 0.662. The lowest BCUT2D eigenvalue weighted by Crippen LogP contribution is -2.31. The van der Waals surface area contributed by atoms with Gasteiger partial charge in [-0.1, -0.05) is 36.4 Å². The third-order valence-electron chi connectivity index (χ3n) is 2.97. The van der Waals surface area contributed by atoms with Gasteiger partial charge in [-0.3, -0.25) is 0 Å². The summed E-state index contributed by atoms with van der Waals surface area (Å²) in [5.74, 6) is 0. The summed E-state index contributed by atoms with van der Waals surface area (Å²) < 4.78 is 11.6. The van der Waals surface area contributed by atoms with Crippen molar-refractivity contribution in [3.8, 4) is 0 Å². The van der Waals surface area contributed by atoms with Gasteiger partial charge >= 0.3 is 0 Å². The van der Waals surface area contributed by atoms with Crippen molar-refractivity contribution < 1.29 is 9.47 Å². The highest BCUT2D eigenvalue weighted by Gasteiger charge is 2.41. The van der Waals surface area contributed by atoms with Gasteiger partial charge in [-0.15, -0.1) is 6.58 Å². The van der Waals surface area contributed by atoms with Crippen LogP contribution in [0, 0.1) is 0 Å². The Morgan fingerprint density at radius 1 is 1.33 bits per heavy atom. The molecule has 2 nitrogen and oxygen atoms in total. The molecule has 0 aliphatic carbocycles. The Balaban J connectivity index is 2.20. The third kappa shape index (κ3) is 1.83. The lowest BCUT2D eigenvalue weighted by Gasteiger charge is -2.21. The largest absolute Gasteiger partial charge is 0.342 e. The van der Waals surface area contributed by atoms with E-state index >= 15 is 0 Å². The molecular weight excluding hydrogens is 188 g/mol. The lowest BCUT2D eigenvalue weighted by atomic mass is 10.0. The molecule has 1 aliphatic heterocycles. The Morgan fingerprint density at radius 3 is 2.53 bits per heavy atom. The molecule has 0 N–H and O–H groups in total. The Kier molecular flexibility index (Phi) is 2.63. The molecule has 0 spiro atoms. The van der Waals surface area contributed by atoms with E-state index in [1.165, 1.54) is 0 Å². The van der Waals surface area contributed by atoms with Gasteiger partial charge in [0.05, 0.1) is 6.10 Å². The van der Waals surface area contributed by atoms with Crippen LogP contribution >= 0.6 is 0 Å². The van der Waals surface area contributed by atoms with Crippen molar-refractivity contribution in [2.45, 2.75) is 31.8 Å². The van der Waals surface area contributed by atoms with Gasteiger partial charge in [0.2, 0.25) is 0 Å². The molecule has 80 valence electrons. The van der Waals surface area contributed by atoms with Gasteiger partial charge in [0.15, 0.2) is 6.29 Å². The minimum absolute atomic E-state index is 0.0280. The van der Waals surface area contributed by atoms with E-state index in [1.807, 2.05) is 44.2 Å². The average molecular weight is 204 g/mol. The molecular formula is C13H16O2. The van der Waals surface area contributed by atoms with Crippen molar-refractivity contribution in [2.24, 2.45) is 0 Å². The average Bonchev–Trinajstić information content (AvgIpc) is 2.58. The first-order chi connectivity index (χ1) is 7.15. The third-order valence-corrected chi connectivity index (χ3v) is 2.97. The second-order valence-corrected chi connectivity index (χ2v) is 4.03. The number of ether oxygens (including phenoxy) is 2. The molecule has 1 aliphatic rings. The minimum atomic E-state index is -0.388. The van der Waals surface area contributed by atoms with Crippen LogP contribution in [0.2, 0.25) is 0 Å². The summed E-state index contributed by atoms with van der Waals surface area (Å²) in [4.78, 5) is 0. The topological polar surface area (TPSA) is 18.5 Å². The zero-order valence-electron chi connectivity index (χ0n) is 9.14. The lowest BCUT2D eigenvalue weighted by molar-refractivity contribution is -0.0769. The molecule has 1 aromatic rings. The zero-order chi connectivity index (χ0) is 10.9. The van der Waals surface area contributed by atoms with E-state index < -0.39 is 0 Å². The van der Waals surface area contributed by atoms with Gasteiger partial charge in [0, 0.05) is 5.56 Å². The van der Waals surface area contributed by atoms with E-state index in [4.69, 9.17) is 9.47 Å². The van der Waals surface area contributed by atoms with Gasteiger partial charge in [-0.25, -0.2) is 0 Å². The first-order valence-corrected chi connectivity index (χ1v) is 5.17. The maximum atomic E-state index is 5.86. The van der Waals surface area contributed by atoms with E-state index in [9.17, 15) is 0 Å². The fraction of sp³-hybridized carbons (Fsp3) is 0.385. The molecule has 0 saturated carbocycles. The maximum Gasteiger partial charge on any atom is 0.185 e. The molecule has 2 heteroatoms. The van der Waals surface area contributed by atoms with Crippen molar-refractivity contribution >= 4 is 0 Å². The first-order valence-electron chi connectivity index (χ1n) is 5.17. The molecule has 0 bridgehead atoms. The second-order valence-electron chi connectivity index (χ2n) is 4.03. The second kappa shape index (κ2) is 3.80. The molecule has 3 unspecified atom stereocenters. The van der Waals surface area contributed by atoms with Crippen LogP contribution < -0.4 is 0 Å². The van der Waals surface area contributed by atoms with Crippen LogP contribution in [-0.4, -0.2) is 11.7 Å². The van der Waals surface area contributed by atoms with E-state index in [1.54, 1.807) is 6.08 Å². The number of benzene rings is 1.